The Balaban J connectivity index is 1.90. The zero-order chi connectivity index (χ0) is 18.0. The Labute approximate surface area is 141 Å². The number of halogens is 3. The standard InChI is InChI=1S/C18H14F3N3O/c1-2-24-17(11-3-8-14(20)15(21)9-11)10-16(23-24)18(25)22-13-6-4-12(19)5-7-13/h3-10H,2H2,1H3,(H,22,25). The highest BCUT2D eigenvalue weighted by Crippen LogP contribution is 2.23. The van der Waals surface area contributed by atoms with Gasteiger partial charge in [0.25, 0.3) is 5.91 Å². The van der Waals surface area contributed by atoms with Crippen LogP contribution >= 0.6 is 0 Å². The van der Waals surface area contributed by atoms with Gasteiger partial charge in [0.2, 0.25) is 0 Å². The number of nitrogens with zero attached hydrogens (tertiary/aromatic N) is 2. The monoisotopic (exact) mass is 345 g/mol. The van der Waals surface area contributed by atoms with Crippen LogP contribution in [0.3, 0.4) is 0 Å². The largest absolute Gasteiger partial charge is 0.321 e. The number of hydrogen-bond donors (Lipinski definition) is 1. The Kier molecular flexibility index (Phi) is 4.56. The first-order valence-electron chi connectivity index (χ1n) is 7.58. The molecule has 128 valence electrons. The second-order valence-corrected chi connectivity index (χ2v) is 5.32. The van der Waals surface area contributed by atoms with Crippen LogP contribution in [0.15, 0.2) is 48.5 Å². The van der Waals surface area contributed by atoms with E-state index in [2.05, 4.69) is 10.4 Å². The number of benzene rings is 2. The lowest BCUT2D eigenvalue weighted by Crippen LogP contribution is -2.13. The molecule has 0 radical (unpaired) electrons. The number of amides is 1. The Morgan fingerprint density at radius 2 is 1.76 bits per heavy atom. The Bertz CT molecular complexity index is 920. The quantitative estimate of drug-likeness (QED) is 0.769. The summed E-state index contributed by atoms with van der Waals surface area (Å²) in [4.78, 5) is 12.3. The summed E-state index contributed by atoms with van der Waals surface area (Å²) in [6, 6.07) is 10.3. The number of carbonyl (C=O) groups excluding carboxylic acids is 1. The lowest BCUT2D eigenvalue weighted by Gasteiger charge is -2.04. The fraction of sp³-hybridized carbons (Fsp3) is 0.111. The van der Waals surface area contributed by atoms with Crippen LogP contribution in [-0.2, 0) is 6.54 Å². The number of hydrogen-bond acceptors (Lipinski definition) is 2. The van der Waals surface area contributed by atoms with Crippen molar-refractivity contribution in [2.45, 2.75) is 13.5 Å². The highest BCUT2D eigenvalue weighted by atomic mass is 19.2. The van der Waals surface area contributed by atoms with Crippen molar-refractivity contribution < 1.29 is 18.0 Å². The van der Waals surface area contributed by atoms with Gasteiger partial charge in [0.05, 0.1) is 5.69 Å². The molecular weight excluding hydrogens is 331 g/mol. The van der Waals surface area contributed by atoms with Gasteiger partial charge in [0.15, 0.2) is 17.3 Å². The van der Waals surface area contributed by atoms with Crippen LogP contribution in [0.4, 0.5) is 18.9 Å². The minimum atomic E-state index is -0.973. The first kappa shape index (κ1) is 16.8. The lowest BCUT2D eigenvalue weighted by atomic mass is 10.1. The highest BCUT2D eigenvalue weighted by molar-refractivity contribution is 6.03. The molecule has 0 aliphatic rings. The summed E-state index contributed by atoms with van der Waals surface area (Å²) in [5.74, 6) is -2.81. The number of aromatic nitrogens is 2. The molecular formula is C18H14F3N3O. The molecule has 0 saturated carbocycles. The van der Waals surface area contributed by atoms with Crippen molar-refractivity contribution in [3.63, 3.8) is 0 Å². The van der Waals surface area contributed by atoms with Crippen molar-refractivity contribution >= 4 is 11.6 Å². The molecule has 4 nitrogen and oxygen atoms in total. The summed E-state index contributed by atoms with van der Waals surface area (Å²) < 4.78 is 41.0. The van der Waals surface area contributed by atoms with Gasteiger partial charge in [-0.3, -0.25) is 9.48 Å². The normalized spacial score (nSPS) is 10.7. The summed E-state index contributed by atoms with van der Waals surface area (Å²) in [6.07, 6.45) is 0. The number of anilines is 1. The maximum Gasteiger partial charge on any atom is 0.276 e. The van der Waals surface area contributed by atoms with Gasteiger partial charge in [-0.25, -0.2) is 13.2 Å². The smallest absolute Gasteiger partial charge is 0.276 e. The van der Waals surface area contributed by atoms with Gasteiger partial charge >= 0.3 is 0 Å². The topological polar surface area (TPSA) is 46.9 Å². The maximum atomic E-state index is 13.5. The summed E-state index contributed by atoms with van der Waals surface area (Å²) in [7, 11) is 0. The van der Waals surface area contributed by atoms with Crippen LogP contribution in [0.5, 0.6) is 0 Å². The van der Waals surface area contributed by atoms with E-state index in [0.29, 0.717) is 23.5 Å². The number of nitrogens with one attached hydrogen (secondary N) is 1. The Morgan fingerprint density at radius 3 is 2.40 bits per heavy atom. The number of carbonyl (C=O) groups is 1. The fourth-order valence-electron chi connectivity index (χ4n) is 2.38. The molecule has 0 unspecified atom stereocenters. The fourth-order valence-corrected chi connectivity index (χ4v) is 2.38. The van der Waals surface area contributed by atoms with E-state index in [-0.39, 0.29) is 5.69 Å². The minimum absolute atomic E-state index is 0.117. The molecule has 2 aromatic carbocycles. The van der Waals surface area contributed by atoms with E-state index < -0.39 is 23.4 Å². The molecule has 0 aliphatic heterocycles. The Morgan fingerprint density at radius 1 is 1.04 bits per heavy atom. The minimum Gasteiger partial charge on any atom is -0.321 e. The zero-order valence-corrected chi connectivity index (χ0v) is 13.3. The molecule has 1 aromatic heterocycles. The predicted molar refractivity (Wildman–Crippen MR) is 87.6 cm³/mol. The molecule has 3 rings (SSSR count). The van der Waals surface area contributed by atoms with Crippen LogP contribution < -0.4 is 5.32 Å². The molecule has 25 heavy (non-hydrogen) atoms. The van der Waals surface area contributed by atoms with E-state index >= 15 is 0 Å². The SMILES string of the molecule is CCn1nc(C(=O)Nc2ccc(F)cc2)cc1-c1ccc(F)c(F)c1. The molecule has 3 aromatic rings. The zero-order valence-electron chi connectivity index (χ0n) is 13.3. The summed E-state index contributed by atoms with van der Waals surface area (Å²) in [6.45, 7) is 2.26. The van der Waals surface area contributed by atoms with Gasteiger partial charge < -0.3 is 5.32 Å². The van der Waals surface area contributed by atoms with Crippen LogP contribution in [0.2, 0.25) is 0 Å². The average molecular weight is 345 g/mol. The van der Waals surface area contributed by atoms with Crippen LogP contribution in [0.25, 0.3) is 11.3 Å². The number of rotatable bonds is 4. The second kappa shape index (κ2) is 6.80. The van der Waals surface area contributed by atoms with Crippen molar-refractivity contribution in [3.05, 3.63) is 71.7 Å². The van der Waals surface area contributed by atoms with E-state index in [1.807, 2.05) is 6.92 Å². The molecule has 0 saturated heterocycles. The van der Waals surface area contributed by atoms with Crippen LogP contribution in [0, 0.1) is 17.5 Å². The van der Waals surface area contributed by atoms with Gasteiger partial charge in [-0.2, -0.15) is 5.10 Å². The van der Waals surface area contributed by atoms with Crippen molar-refractivity contribution in [3.8, 4) is 11.3 Å². The second-order valence-electron chi connectivity index (χ2n) is 5.32. The van der Waals surface area contributed by atoms with E-state index in [4.69, 9.17) is 0 Å². The van der Waals surface area contributed by atoms with Crippen LogP contribution in [0.1, 0.15) is 17.4 Å². The molecule has 7 heteroatoms. The maximum absolute atomic E-state index is 13.5. The van der Waals surface area contributed by atoms with Gasteiger partial charge in [-0.1, -0.05) is 0 Å². The molecule has 1 heterocycles. The summed E-state index contributed by atoms with van der Waals surface area (Å²) >= 11 is 0. The van der Waals surface area contributed by atoms with Crippen LogP contribution in [-0.4, -0.2) is 15.7 Å². The van der Waals surface area contributed by atoms with Crippen molar-refractivity contribution in [1.82, 2.24) is 9.78 Å². The predicted octanol–water partition coefficient (Wildman–Crippen LogP) is 4.24. The third-order valence-electron chi connectivity index (χ3n) is 3.63. The van der Waals surface area contributed by atoms with E-state index in [1.54, 1.807) is 0 Å². The summed E-state index contributed by atoms with van der Waals surface area (Å²) in [5.41, 5.74) is 1.44. The molecule has 0 bridgehead atoms. The average Bonchev–Trinajstić information content (AvgIpc) is 3.04. The molecule has 0 spiro atoms. The van der Waals surface area contributed by atoms with E-state index in [0.717, 1.165) is 12.1 Å². The van der Waals surface area contributed by atoms with Crippen molar-refractivity contribution in [1.29, 1.82) is 0 Å². The lowest BCUT2D eigenvalue weighted by molar-refractivity contribution is 0.102. The summed E-state index contributed by atoms with van der Waals surface area (Å²) in [5, 5.41) is 6.79. The number of aryl methyl sites for hydroxylation is 1. The molecule has 0 atom stereocenters. The molecule has 0 fully saturated rings. The third-order valence-corrected chi connectivity index (χ3v) is 3.63. The van der Waals surface area contributed by atoms with Gasteiger partial charge in [-0.15, -0.1) is 0 Å². The van der Waals surface area contributed by atoms with Gasteiger partial charge in [-0.05, 0) is 55.5 Å². The molecule has 1 amide bonds. The van der Waals surface area contributed by atoms with Crippen molar-refractivity contribution in [2.24, 2.45) is 0 Å². The van der Waals surface area contributed by atoms with Crippen molar-refractivity contribution in [2.75, 3.05) is 5.32 Å². The molecule has 1 N–H and O–H groups in total. The Hall–Kier alpha value is -3.09. The van der Waals surface area contributed by atoms with E-state index in [1.165, 1.54) is 41.1 Å². The first-order valence-corrected chi connectivity index (χ1v) is 7.58. The first-order chi connectivity index (χ1) is 12.0. The van der Waals surface area contributed by atoms with E-state index in [9.17, 15) is 18.0 Å². The third kappa shape index (κ3) is 3.55. The molecule has 0 aliphatic carbocycles. The van der Waals surface area contributed by atoms with Gasteiger partial charge in [0.1, 0.15) is 5.82 Å². The highest BCUT2D eigenvalue weighted by Gasteiger charge is 2.16. The van der Waals surface area contributed by atoms with Gasteiger partial charge in [0, 0.05) is 17.8 Å².